The molecule has 0 aromatic heterocycles. The van der Waals surface area contributed by atoms with Gasteiger partial charge in [0.25, 0.3) is 0 Å². The maximum absolute atomic E-state index is 17.3. The van der Waals surface area contributed by atoms with Crippen LogP contribution in [-0.4, -0.2) is 51.1 Å². The van der Waals surface area contributed by atoms with Crippen molar-refractivity contribution in [1.29, 1.82) is 0 Å². The SMILES string of the molecule is CC(C)(C)c1cccc(C(C)(C)C)c1P(=O)(CCP1(=O)OCC2(CO1)COP(=O)(CCP(=O)(c1c(C(C)(C)C)cccc1C(C)(C)C)c1c(C(C)(C)C)cccc1C(C)(C)C)OC2)c1c(C(C)(C)C)cccc1C(C)(C)C. The highest BCUT2D eigenvalue weighted by Gasteiger charge is 2.52. The second kappa shape index (κ2) is 21.1. The fourth-order valence-electron chi connectivity index (χ4n) is 11.3. The van der Waals surface area contributed by atoms with Gasteiger partial charge in [0.2, 0.25) is 0 Å². The normalized spacial score (nSPS) is 21.9. The van der Waals surface area contributed by atoms with Gasteiger partial charge in [-0.3, -0.25) is 9.13 Å². The van der Waals surface area contributed by atoms with E-state index in [1.165, 1.54) is 0 Å². The van der Waals surface area contributed by atoms with Crippen molar-refractivity contribution in [2.75, 3.05) is 51.1 Å². The molecule has 2 aliphatic heterocycles. The molecular weight excluding hydrogens is 1030 g/mol. The minimum absolute atomic E-state index is 0.0213. The van der Waals surface area contributed by atoms with Crippen LogP contribution in [0, 0.1) is 5.41 Å². The van der Waals surface area contributed by atoms with Crippen LogP contribution in [0.5, 0.6) is 0 Å². The van der Waals surface area contributed by atoms with E-state index in [0.29, 0.717) is 0 Å². The molecule has 0 radical (unpaired) electrons. The Morgan fingerprint density at radius 3 is 0.636 bits per heavy atom. The molecular formula is C65H100O8P4. The second-order valence-corrected chi connectivity index (χ2v) is 41.0. The molecule has 0 N–H and O–H groups in total. The molecule has 2 fully saturated rings. The summed E-state index contributed by atoms with van der Waals surface area (Å²) in [5, 5.41) is 3.35. The summed E-state index contributed by atoms with van der Waals surface area (Å²) in [5.74, 6) is 0. The van der Waals surface area contributed by atoms with Gasteiger partial charge in [-0.2, -0.15) is 0 Å². The molecule has 0 aliphatic carbocycles. The van der Waals surface area contributed by atoms with Gasteiger partial charge in [-0.25, -0.2) is 0 Å². The van der Waals surface area contributed by atoms with Crippen LogP contribution in [0.4, 0.5) is 0 Å². The maximum Gasteiger partial charge on any atom is 0.331 e. The highest BCUT2D eigenvalue weighted by molar-refractivity contribution is 7.80. The molecule has 4 aromatic carbocycles. The lowest BCUT2D eigenvalue weighted by atomic mass is 9.80. The zero-order valence-electron chi connectivity index (χ0n) is 52.1. The highest BCUT2D eigenvalue weighted by atomic mass is 31.2. The van der Waals surface area contributed by atoms with E-state index in [2.05, 4.69) is 239 Å². The van der Waals surface area contributed by atoms with Gasteiger partial charge in [0.05, 0.1) is 44.2 Å². The first kappa shape index (κ1) is 63.8. The minimum Gasteiger partial charge on any atom is -0.314 e. The third kappa shape index (κ3) is 13.4. The van der Waals surface area contributed by atoms with Crippen LogP contribution in [0.2, 0.25) is 0 Å². The summed E-state index contributed by atoms with van der Waals surface area (Å²) in [7, 11) is -15.1. The molecule has 428 valence electrons. The molecule has 0 bridgehead atoms. The molecule has 0 atom stereocenters. The Labute approximate surface area is 468 Å². The zero-order valence-corrected chi connectivity index (χ0v) is 55.7. The van der Waals surface area contributed by atoms with Crippen molar-refractivity contribution < 1.29 is 36.4 Å². The van der Waals surface area contributed by atoms with Crippen LogP contribution < -0.4 is 21.2 Å². The monoisotopic (exact) mass is 1130 g/mol. The maximum atomic E-state index is 17.3. The number of hydrogen-bond donors (Lipinski definition) is 0. The molecule has 6 rings (SSSR count). The molecule has 12 heteroatoms. The largest absolute Gasteiger partial charge is 0.331 e. The Hall–Kier alpha value is -2.36. The van der Waals surface area contributed by atoms with Crippen LogP contribution in [0.25, 0.3) is 0 Å². The number of benzene rings is 4. The quantitative estimate of drug-likeness (QED) is 0.145. The van der Waals surface area contributed by atoms with Crippen molar-refractivity contribution in [3.8, 4) is 0 Å². The van der Waals surface area contributed by atoms with Gasteiger partial charge in [-0.05, 0) is 87.8 Å². The fourth-order valence-corrected chi connectivity index (χ4v) is 25.8. The lowest BCUT2D eigenvalue weighted by Gasteiger charge is -2.43. The highest BCUT2D eigenvalue weighted by Crippen LogP contribution is 2.64. The second-order valence-electron chi connectivity index (χ2n) is 31.0. The van der Waals surface area contributed by atoms with E-state index in [9.17, 15) is 0 Å². The van der Waals surface area contributed by atoms with Gasteiger partial charge in [-0.15, -0.1) is 0 Å². The molecule has 4 aromatic rings. The molecule has 0 saturated carbocycles. The summed E-state index contributed by atoms with van der Waals surface area (Å²) < 4.78 is 90.6. The lowest BCUT2D eigenvalue weighted by molar-refractivity contribution is -0.0680. The molecule has 1 spiro atoms. The lowest BCUT2D eigenvalue weighted by Crippen LogP contribution is -2.46. The van der Waals surface area contributed by atoms with Crippen molar-refractivity contribution in [3.05, 3.63) is 117 Å². The van der Waals surface area contributed by atoms with E-state index >= 15 is 18.3 Å². The van der Waals surface area contributed by atoms with Crippen molar-refractivity contribution in [2.24, 2.45) is 5.41 Å². The van der Waals surface area contributed by atoms with Crippen LogP contribution in [0.1, 0.15) is 211 Å². The van der Waals surface area contributed by atoms with Crippen LogP contribution in [0.3, 0.4) is 0 Å². The summed E-state index contributed by atoms with van der Waals surface area (Å²) in [4.78, 5) is 0. The Morgan fingerprint density at radius 1 is 0.338 bits per heavy atom. The van der Waals surface area contributed by atoms with Gasteiger partial charge in [0, 0.05) is 33.5 Å². The molecule has 0 unspecified atom stereocenters. The first-order chi connectivity index (χ1) is 34.6. The predicted molar refractivity (Wildman–Crippen MR) is 330 cm³/mol. The summed E-state index contributed by atoms with van der Waals surface area (Å²) in [6.07, 6.45) is -0.00877. The molecule has 2 aliphatic rings. The van der Waals surface area contributed by atoms with Gasteiger partial charge in [0.1, 0.15) is 14.3 Å². The number of hydrogen-bond acceptors (Lipinski definition) is 8. The van der Waals surface area contributed by atoms with Crippen molar-refractivity contribution >= 4 is 50.7 Å². The van der Waals surface area contributed by atoms with Crippen molar-refractivity contribution in [1.82, 2.24) is 0 Å². The average molecular weight is 1130 g/mol. The van der Waals surface area contributed by atoms with Crippen molar-refractivity contribution in [3.63, 3.8) is 0 Å². The molecule has 0 amide bonds. The zero-order chi connectivity index (χ0) is 58.4. The topological polar surface area (TPSA) is 105 Å². The van der Waals surface area contributed by atoms with E-state index in [4.69, 9.17) is 18.1 Å². The molecule has 8 nitrogen and oxygen atoms in total. The standard InChI is InChI=1S/C65H100O8P4/c1-57(2,3)45-29-25-30-46(58(4,5)6)53(45)74(66,54-47(59(7,8)9)31-26-32-48(54)60(10,11)12)37-39-76(68)70-41-65(42-71-76)43-72-77(69,73-44-65)40-38-75(67,55-49(61(13,14)15)33-27-34-50(55)62(16,17)18)56-51(63(19,20)21)35-28-36-52(56)64(22,23)24/h25-36H,37-44H2,1-24H3. The minimum atomic E-state index is -3.87. The Balaban J connectivity index is 1.37. The smallest absolute Gasteiger partial charge is 0.314 e. The average Bonchev–Trinajstić information content (AvgIpc) is 3.29. The van der Waals surface area contributed by atoms with Crippen molar-refractivity contribution in [2.45, 2.75) is 209 Å². The first-order valence-electron chi connectivity index (χ1n) is 28.2. The molecule has 77 heavy (non-hydrogen) atoms. The summed E-state index contributed by atoms with van der Waals surface area (Å²) in [6.45, 7) is 52.1. The Morgan fingerprint density at radius 2 is 0.494 bits per heavy atom. The molecule has 2 heterocycles. The Bertz CT molecular complexity index is 2510. The van der Waals surface area contributed by atoms with Crippen LogP contribution in [-0.2, 0) is 79.7 Å². The van der Waals surface area contributed by atoms with Gasteiger partial charge in [-0.1, -0.05) is 239 Å². The van der Waals surface area contributed by atoms with E-state index in [1.807, 2.05) is 0 Å². The van der Waals surface area contributed by atoms with E-state index < -0.39 is 34.9 Å². The third-order valence-electron chi connectivity index (χ3n) is 15.7. The summed E-state index contributed by atoms with van der Waals surface area (Å²) in [5.41, 5.74) is 4.27. The molecule has 2 saturated heterocycles. The third-order valence-corrected chi connectivity index (χ3v) is 26.6. The first-order valence-corrected chi connectivity index (χ1v) is 35.4. The van der Waals surface area contributed by atoms with E-state index in [0.717, 1.165) is 65.7 Å². The van der Waals surface area contributed by atoms with Gasteiger partial charge in [0.15, 0.2) is 0 Å². The number of rotatable bonds is 10. The fraction of sp³-hybridized carbons (Fsp3) is 0.631. The van der Waals surface area contributed by atoms with Gasteiger partial charge >= 0.3 is 15.2 Å². The van der Waals surface area contributed by atoms with E-state index in [-0.39, 0.29) is 94.4 Å². The predicted octanol–water partition coefficient (Wildman–Crippen LogP) is 16.9. The Kier molecular flexibility index (Phi) is 17.5. The summed E-state index contributed by atoms with van der Waals surface area (Å²) >= 11 is 0. The van der Waals surface area contributed by atoms with Gasteiger partial charge < -0.3 is 27.2 Å². The van der Waals surface area contributed by atoms with E-state index in [1.54, 1.807) is 0 Å². The summed E-state index contributed by atoms with van der Waals surface area (Å²) in [6, 6.07) is 25.3. The van der Waals surface area contributed by atoms with Crippen LogP contribution in [0.15, 0.2) is 72.8 Å². The van der Waals surface area contributed by atoms with Crippen LogP contribution >= 0.6 is 29.5 Å².